The molecule has 0 aliphatic rings. The zero-order valence-corrected chi connectivity index (χ0v) is 19.8. The summed E-state index contributed by atoms with van der Waals surface area (Å²) in [5, 5.41) is 12.0. The van der Waals surface area contributed by atoms with Crippen LogP contribution < -0.4 is 10.9 Å². The molecule has 9 heteroatoms. The molecular formula is C26H21N5O3S. The van der Waals surface area contributed by atoms with E-state index in [1.807, 2.05) is 48.5 Å². The quantitative estimate of drug-likeness (QED) is 0.285. The molecule has 3 aromatic carbocycles. The molecule has 0 fully saturated rings. The lowest BCUT2D eigenvalue weighted by atomic mass is 10.1. The number of nitrogens with one attached hydrogen (secondary N) is 1. The minimum absolute atomic E-state index is 0.0355. The van der Waals surface area contributed by atoms with Gasteiger partial charge in [-0.2, -0.15) is 0 Å². The first-order valence-electron chi connectivity index (χ1n) is 11.0. The van der Waals surface area contributed by atoms with Gasteiger partial charge in [0, 0.05) is 11.3 Å². The fourth-order valence-corrected chi connectivity index (χ4v) is 4.66. The van der Waals surface area contributed by atoms with E-state index in [0.29, 0.717) is 38.8 Å². The van der Waals surface area contributed by atoms with Crippen LogP contribution in [0.25, 0.3) is 22.4 Å². The summed E-state index contributed by atoms with van der Waals surface area (Å²) in [7, 11) is 0. The van der Waals surface area contributed by atoms with Crippen molar-refractivity contribution in [1.82, 2.24) is 19.2 Å². The van der Waals surface area contributed by atoms with Gasteiger partial charge >= 0.3 is 0 Å². The predicted octanol–water partition coefficient (Wildman–Crippen LogP) is 4.36. The van der Waals surface area contributed by atoms with Gasteiger partial charge in [-0.3, -0.25) is 18.8 Å². The van der Waals surface area contributed by atoms with Crippen LogP contribution in [0.2, 0.25) is 0 Å². The second-order valence-corrected chi connectivity index (χ2v) is 9.30. The number of para-hydroxylation sites is 2. The molecule has 0 saturated carbocycles. The van der Waals surface area contributed by atoms with E-state index in [2.05, 4.69) is 15.5 Å². The highest BCUT2D eigenvalue weighted by Crippen LogP contribution is 2.27. The molecule has 5 rings (SSSR count). The SMILES string of the molecule is CC(=O)c1ccc(NC(=O)C(C)Sc2nnc3n(-c4ccccc4)c(=O)c4ccccc4n23)cc1. The minimum Gasteiger partial charge on any atom is -0.325 e. The lowest BCUT2D eigenvalue weighted by Crippen LogP contribution is -2.23. The second kappa shape index (κ2) is 9.19. The molecule has 0 bridgehead atoms. The van der Waals surface area contributed by atoms with Crippen molar-refractivity contribution in [2.24, 2.45) is 0 Å². The van der Waals surface area contributed by atoms with Crippen LogP contribution in [-0.2, 0) is 4.79 Å². The van der Waals surface area contributed by atoms with Crippen LogP contribution in [0.4, 0.5) is 5.69 Å². The van der Waals surface area contributed by atoms with Crippen molar-refractivity contribution in [2.45, 2.75) is 24.3 Å². The summed E-state index contributed by atoms with van der Waals surface area (Å²) in [6.07, 6.45) is 0. The van der Waals surface area contributed by atoms with Gasteiger partial charge in [0.15, 0.2) is 10.9 Å². The number of fused-ring (bicyclic) bond motifs is 3. The molecule has 8 nitrogen and oxygen atoms in total. The Balaban J connectivity index is 1.51. The monoisotopic (exact) mass is 483 g/mol. The summed E-state index contributed by atoms with van der Waals surface area (Å²) in [6.45, 7) is 3.27. The second-order valence-electron chi connectivity index (χ2n) is 7.99. The zero-order chi connectivity index (χ0) is 24.5. The maximum Gasteiger partial charge on any atom is 0.267 e. The third-order valence-corrected chi connectivity index (χ3v) is 6.66. The molecule has 5 aromatic rings. The molecule has 0 saturated heterocycles. The summed E-state index contributed by atoms with van der Waals surface area (Å²) in [5.74, 6) is 0.115. The topological polar surface area (TPSA) is 98.4 Å². The summed E-state index contributed by atoms with van der Waals surface area (Å²) < 4.78 is 3.33. The maximum absolute atomic E-state index is 13.3. The first kappa shape index (κ1) is 22.5. The van der Waals surface area contributed by atoms with Crippen LogP contribution in [0.15, 0.2) is 88.8 Å². The Morgan fingerprint density at radius 1 is 0.914 bits per heavy atom. The van der Waals surface area contributed by atoms with Gasteiger partial charge in [0.2, 0.25) is 11.7 Å². The van der Waals surface area contributed by atoms with Crippen LogP contribution in [0.3, 0.4) is 0 Å². The number of hydrogen-bond donors (Lipinski definition) is 1. The number of carbonyl (C=O) groups is 2. The van der Waals surface area contributed by atoms with Crippen molar-refractivity contribution >= 4 is 45.8 Å². The zero-order valence-electron chi connectivity index (χ0n) is 19.0. The van der Waals surface area contributed by atoms with Crippen molar-refractivity contribution in [3.63, 3.8) is 0 Å². The Morgan fingerprint density at radius 3 is 2.31 bits per heavy atom. The Morgan fingerprint density at radius 2 is 1.60 bits per heavy atom. The number of amides is 1. The Bertz CT molecular complexity index is 1620. The average molecular weight is 484 g/mol. The van der Waals surface area contributed by atoms with Gasteiger partial charge in [-0.25, -0.2) is 4.57 Å². The third-order valence-electron chi connectivity index (χ3n) is 5.62. The summed E-state index contributed by atoms with van der Waals surface area (Å²) in [4.78, 5) is 37.7. The molecular weight excluding hydrogens is 462 g/mol. The van der Waals surface area contributed by atoms with E-state index < -0.39 is 5.25 Å². The van der Waals surface area contributed by atoms with E-state index in [-0.39, 0.29) is 17.2 Å². The Labute approximate surface area is 204 Å². The smallest absolute Gasteiger partial charge is 0.267 e. The van der Waals surface area contributed by atoms with Crippen LogP contribution in [0.5, 0.6) is 0 Å². The molecule has 174 valence electrons. The molecule has 1 unspecified atom stereocenters. The highest BCUT2D eigenvalue weighted by atomic mass is 32.2. The fourth-order valence-electron chi connectivity index (χ4n) is 3.81. The highest BCUT2D eigenvalue weighted by Gasteiger charge is 2.22. The number of carbonyl (C=O) groups excluding carboxylic acids is 2. The molecule has 0 spiro atoms. The lowest BCUT2D eigenvalue weighted by Gasteiger charge is -2.13. The largest absolute Gasteiger partial charge is 0.325 e. The van der Waals surface area contributed by atoms with Gasteiger partial charge in [0.25, 0.3) is 5.56 Å². The number of nitrogens with zero attached hydrogens (tertiary/aromatic N) is 4. The standard InChI is InChI=1S/C26H21N5O3S/c1-16(32)18-12-14-19(15-13-18)27-23(33)17(2)35-26-29-28-25-30(20-8-4-3-5-9-20)24(34)21-10-6-7-11-22(21)31(25)26/h3-15,17H,1-2H3,(H,27,33). The van der Waals surface area contributed by atoms with Gasteiger partial charge in [-0.05, 0) is 62.4 Å². The van der Waals surface area contributed by atoms with Crippen molar-refractivity contribution in [3.05, 3.63) is 94.8 Å². The van der Waals surface area contributed by atoms with E-state index in [1.54, 1.807) is 41.7 Å². The van der Waals surface area contributed by atoms with Crippen LogP contribution in [0, 0.1) is 0 Å². The summed E-state index contributed by atoms with van der Waals surface area (Å²) in [6, 6.07) is 23.3. The molecule has 1 amide bonds. The van der Waals surface area contributed by atoms with Gasteiger partial charge in [-0.15, -0.1) is 10.2 Å². The molecule has 0 radical (unpaired) electrons. The predicted molar refractivity (Wildman–Crippen MR) is 136 cm³/mol. The van der Waals surface area contributed by atoms with E-state index in [9.17, 15) is 14.4 Å². The Kier molecular flexibility index (Phi) is 5.92. The average Bonchev–Trinajstić information content (AvgIpc) is 3.28. The number of hydrogen-bond acceptors (Lipinski definition) is 6. The fraction of sp³-hybridized carbons (Fsp3) is 0.115. The summed E-state index contributed by atoms with van der Waals surface area (Å²) in [5.41, 5.74) is 2.33. The number of benzene rings is 3. The summed E-state index contributed by atoms with van der Waals surface area (Å²) >= 11 is 1.25. The molecule has 1 atom stereocenters. The normalized spacial score (nSPS) is 12.1. The van der Waals surface area contributed by atoms with Crippen LogP contribution in [-0.4, -0.2) is 36.1 Å². The molecule has 2 heterocycles. The number of aromatic nitrogens is 4. The number of ketones is 1. The lowest BCUT2D eigenvalue weighted by molar-refractivity contribution is -0.115. The molecule has 0 aliphatic heterocycles. The molecule has 2 aromatic heterocycles. The molecule has 35 heavy (non-hydrogen) atoms. The van der Waals surface area contributed by atoms with E-state index in [1.165, 1.54) is 23.3 Å². The Hall–Kier alpha value is -4.24. The number of rotatable bonds is 6. The highest BCUT2D eigenvalue weighted by molar-refractivity contribution is 8.00. The van der Waals surface area contributed by atoms with Gasteiger partial charge in [0.05, 0.1) is 21.8 Å². The third kappa shape index (κ3) is 4.22. The van der Waals surface area contributed by atoms with E-state index in [0.717, 1.165) is 0 Å². The van der Waals surface area contributed by atoms with Gasteiger partial charge in [0.1, 0.15) is 0 Å². The van der Waals surface area contributed by atoms with E-state index in [4.69, 9.17) is 0 Å². The minimum atomic E-state index is -0.509. The first-order valence-corrected chi connectivity index (χ1v) is 11.8. The van der Waals surface area contributed by atoms with Crippen LogP contribution >= 0.6 is 11.8 Å². The number of thioether (sulfide) groups is 1. The van der Waals surface area contributed by atoms with Crippen molar-refractivity contribution in [1.29, 1.82) is 0 Å². The molecule has 1 N–H and O–H groups in total. The first-order chi connectivity index (χ1) is 16.9. The van der Waals surface area contributed by atoms with Gasteiger partial charge < -0.3 is 5.32 Å². The number of anilines is 1. The molecule has 0 aliphatic carbocycles. The van der Waals surface area contributed by atoms with E-state index >= 15 is 0 Å². The van der Waals surface area contributed by atoms with Crippen molar-refractivity contribution < 1.29 is 9.59 Å². The maximum atomic E-state index is 13.3. The van der Waals surface area contributed by atoms with Crippen molar-refractivity contribution in [3.8, 4) is 5.69 Å². The van der Waals surface area contributed by atoms with Crippen molar-refractivity contribution in [2.75, 3.05) is 5.32 Å². The number of Topliss-reactive ketones (excluding diaryl/α,β-unsaturated/α-hetero) is 1. The van der Waals surface area contributed by atoms with Crippen LogP contribution in [0.1, 0.15) is 24.2 Å². The van der Waals surface area contributed by atoms with Gasteiger partial charge in [-0.1, -0.05) is 42.1 Å².